The van der Waals surface area contributed by atoms with Crippen molar-refractivity contribution in [1.29, 1.82) is 0 Å². The van der Waals surface area contributed by atoms with E-state index in [1.54, 1.807) is 35.6 Å². The number of benzene rings is 2. The molecule has 0 unspecified atom stereocenters. The molecule has 4 aromatic rings. The maximum Gasteiger partial charge on any atom is 0.337 e. The first-order valence-corrected chi connectivity index (χ1v) is 10.3. The number of rotatable bonds is 5. The summed E-state index contributed by atoms with van der Waals surface area (Å²) in [5, 5.41) is 8.88. The number of urea groups is 1. The van der Waals surface area contributed by atoms with Crippen LogP contribution in [0.15, 0.2) is 66.0 Å². The van der Waals surface area contributed by atoms with Crippen LogP contribution < -0.4 is 10.6 Å². The average molecular weight is 420 g/mol. The van der Waals surface area contributed by atoms with Gasteiger partial charge in [-0.1, -0.05) is 30.3 Å². The fourth-order valence-electron chi connectivity index (χ4n) is 3.56. The standard InChI is InChI=1S/C23H21N3O3S/c1-26-19-10-4-3-9-17(19)18(21(26)20-11-6-12-30-20)14-24-23(28)25-16-8-5-7-15(13-16)22(27)29-2/h3-13H,14H2,1-2H3,(H2,24,25,28). The molecule has 0 aliphatic heterocycles. The minimum absolute atomic E-state index is 0.345. The van der Waals surface area contributed by atoms with Crippen molar-refractivity contribution < 1.29 is 14.3 Å². The molecule has 0 fully saturated rings. The van der Waals surface area contributed by atoms with Crippen molar-refractivity contribution in [2.24, 2.45) is 7.05 Å². The predicted molar refractivity (Wildman–Crippen MR) is 120 cm³/mol. The first-order chi connectivity index (χ1) is 14.6. The third-order valence-corrected chi connectivity index (χ3v) is 5.81. The summed E-state index contributed by atoms with van der Waals surface area (Å²) in [6.45, 7) is 0.372. The van der Waals surface area contributed by atoms with E-state index in [-0.39, 0.29) is 6.03 Å². The number of fused-ring (bicyclic) bond motifs is 1. The SMILES string of the molecule is COC(=O)c1cccc(NC(=O)NCc2c(-c3cccs3)n(C)c3ccccc23)c1. The predicted octanol–water partition coefficient (Wildman–Crippen LogP) is 5.02. The number of amides is 2. The van der Waals surface area contributed by atoms with Crippen LogP contribution in [0.1, 0.15) is 15.9 Å². The van der Waals surface area contributed by atoms with Gasteiger partial charge in [0.2, 0.25) is 0 Å². The summed E-state index contributed by atoms with van der Waals surface area (Å²) in [4.78, 5) is 25.4. The minimum atomic E-state index is -0.449. The lowest BCUT2D eigenvalue weighted by molar-refractivity contribution is 0.0600. The van der Waals surface area contributed by atoms with E-state index in [9.17, 15) is 9.59 Å². The molecule has 152 valence electrons. The van der Waals surface area contributed by atoms with Gasteiger partial charge in [0.15, 0.2) is 0 Å². The van der Waals surface area contributed by atoms with Gasteiger partial charge in [0, 0.05) is 35.7 Å². The summed E-state index contributed by atoms with van der Waals surface area (Å²) in [7, 11) is 3.36. The van der Waals surface area contributed by atoms with E-state index in [2.05, 4.69) is 33.4 Å². The zero-order valence-corrected chi connectivity index (χ0v) is 17.5. The van der Waals surface area contributed by atoms with Crippen LogP contribution in [0, 0.1) is 0 Å². The number of nitrogens with one attached hydrogen (secondary N) is 2. The topological polar surface area (TPSA) is 72.4 Å². The van der Waals surface area contributed by atoms with Crippen LogP contribution in [0.3, 0.4) is 0 Å². The molecule has 0 atom stereocenters. The van der Waals surface area contributed by atoms with E-state index >= 15 is 0 Å². The number of carbonyl (C=O) groups is 2. The lowest BCUT2D eigenvalue weighted by atomic mass is 10.1. The van der Waals surface area contributed by atoms with Crippen LogP contribution in [0.2, 0.25) is 0 Å². The number of esters is 1. The first-order valence-electron chi connectivity index (χ1n) is 9.42. The summed E-state index contributed by atoms with van der Waals surface area (Å²) < 4.78 is 6.89. The molecular formula is C23H21N3O3S. The second-order valence-electron chi connectivity index (χ2n) is 6.76. The lowest BCUT2D eigenvalue weighted by Crippen LogP contribution is -2.28. The fourth-order valence-corrected chi connectivity index (χ4v) is 4.40. The summed E-state index contributed by atoms with van der Waals surface area (Å²) in [6.07, 6.45) is 0. The Bertz CT molecular complexity index is 1210. The molecule has 0 saturated carbocycles. The molecule has 0 aliphatic rings. The molecule has 4 rings (SSSR count). The van der Waals surface area contributed by atoms with E-state index in [4.69, 9.17) is 4.74 Å². The Morgan fingerprint density at radius 3 is 2.67 bits per heavy atom. The lowest BCUT2D eigenvalue weighted by Gasteiger charge is -2.10. The quantitative estimate of drug-likeness (QED) is 0.447. The number of para-hydroxylation sites is 1. The third kappa shape index (κ3) is 3.79. The van der Waals surface area contributed by atoms with E-state index in [1.807, 2.05) is 30.6 Å². The van der Waals surface area contributed by atoms with Crippen molar-refractivity contribution in [1.82, 2.24) is 9.88 Å². The Balaban J connectivity index is 1.56. The summed E-state index contributed by atoms with van der Waals surface area (Å²) in [5.41, 5.74) is 4.17. The summed E-state index contributed by atoms with van der Waals surface area (Å²) in [5.74, 6) is -0.449. The summed E-state index contributed by atoms with van der Waals surface area (Å²) in [6, 6.07) is 18.6. The molecule has 6 nitrogen and oxygen atoms in total. The number of nitrogens with zero attached hydrogens (tertiary/aromatic N) is 1. The number of hydrogen-bond acceptors (Lipinski definition) is 4. The molecule has 2 amide bonds. The van der Waals surface area contributed by atoms with E-state index in [0.29, 0.717) is 17.8 Å². The molecule has 7 heteroatoms. The maximum absolute atomic E-state index is 12.5. The summed E-state index contributed by atoms with van der Waals surface area (Å²) >= 11 is 1.67. The number of carbonyl (C=O) groups excluding carboxylic acids is 2. The Morgan fingerprint density at radius 2 is 1.90 bits per heavy atom. The average Bonchev–Trinajstić information content (AvgIpc) is 3.38. The third-order valence-electron chi connectivity index (χ3n) is 4.93. The molecule has 2 aromatic heterocycles. The van der Waals surface area contributed by atoms with Crippen molar-refractivity contribution >= 4 is 39.9 Å². The van der Waals surface area contributed by atoms with Crippen LogP contribution in [-0.2, 0) is 18.3 Å². The minimum Gasteiger partial charge on any atom is -0.465 e. The highest BCUT2D eigenvalue weighted by Gasteiger charge is 2.18. The van der Waals surface area contributed by atoms with Gasteiger partial charge in [0.1, 0.15) is 0 Å². The van der Waals surface area contributed by atoms with E-state index in [1.165, 1.54) is 7.11 Å². The number of aryl methyl sites for hydroxylation is 1. The van der Waals surface area contributed by atoms with Gasteiger partial charge < -0.3 is 19.9 Å². The van der Waals surface area contributed by atoms with Crippen LogP contribution in [0.25, 0.3) is 21.5 Å². The Hall–Kier alpha value is -3.58. The molecule has 2 heterocycles. The van der Waals surface area contributed by atoms with Gasteiger partial charge in [-0.05, 0) is 35.7 Å². The van der Waals surface area contributed by atoms with Gasteiger partial charge in [0.05, 0.1) is 23.2 Å². The van der Waals surface area contributed by atoms with Gasteiger partial charge in [-0.15, -0.1) is 11.3 Å². The van der Waals surface area contributed by atoms with Crippen LogP contribution >= 0.6 is 11.3 Å². The van der Waals surface area contributed by atoms with Crippen molar-refractivity contribution in [3.8, 4) is 10.6 Å². The smallest absolute Gasteiger partial charge is 0.337 e. The monoisotopic (exact) mass is 419 g/mol. The molecule has 2 aromatic carbocycles. The Labute approximate surface area is 178 Å². The van der Waals surface area contributed by atoms with Gasteiger partial charge in [0.25, 0.3) is 0 Å². The largest absolute Gasteiger partial charge is 0.465 e. The molecule has 0 radical (unpaired) electrons. The fraction of sp³-hybridized carbons (Fsp3) is 0.130. The molecular weight excluding hydrogens is 398 g/mol. The van der Waals surface area contributed by atoms with Crippen LogP contribution in [0.4, 0.5) is 10.5 Å². The highest BCUT2D eigenvalue weighted by Crippen LogP contribution is 2.35. The van der Waals surface area contributed by atoms with Crippen molar-refractivity contribution in [3.05, 3.63) is 77.2 Å². The Morgan fingerprint density at radius 1 is 1.07 bits per heavy atom. The number of aromatic nitrogens is 1. The number of methoxy groups -OCH3 is 1. The number of ether oxygens (including phenoxy) is 1. The maximum atomic E-state index is 12.5. The molecule has 2 N–H and O–H groups in total. The molecule has 0 bridgehead atoms. The van der Waals surface area contributed by atoms with E-state index in [0.717, 1.165) is 27.0 Å². The van der Waals surface area contributed by atoms with Gasteiger partial charge in [-0.25, -0.2) is 9.59 Å². The molecule has 0 spiro atoms. The Kier molecular flexibility index (Phi) is 5.54. The van der Waals surface area contributed by atoms with Crippen molar-refractivity contribution in [3.63, 3.8) is 0 Å². The number of anilines is 1. The number of thiophene rings is 1. The molecule has 0 saturated heterocycles. The second kappa shape index (κ2) is 8.42. The van der Waals surface area contributed by atoms with E-state index < -0.39 is 5.97 Å². The van der Waals surface area contributed by atoms with Gasteiger partial charge in [-0.3, -0.25) is 0 Å². The zero-order chi connectivity index (χ0) is 21.1. The molecule has 0 aliphatic carbocycles. The second-order valence-corrected chi connectivity index (χ2v) is 7.71. The highest BCUT2D eigenvalue weighted by molar-refractivity contribution is 7.13. The first kappa shape index (κ1) is 19.7. The number of hydrogen-bond donors (Lipinski definition) is 2. The van der Waals surface area contributed by atoms with Crippen molar-refractivity contribution in [2.45, 2.75) is 6.54 Å². The molecule has 30 heavy (non-hydrogen) atoms. The van der Waals surface area contributed by atoms with Crippen LogP contribution in [0.5, 0.6) is 0 Å². The highest BCUT2D eigenvalue weighted by atomic mass is 32.1. The zero-order valence-electron chi connectivity index (χ0n) is 16.6. The van der Waals surface area contributed by atoms with Gasteiger partial charge in [-0.2, -0.15) is 0 Å². The van der Waals surface area contributed by atoms with Crippen LogP contribution in [-0.4, -0.2) is 23.7 Å². The van der Waals surface area contributed by atoms with Gasteiger partial charge >= 0.3 is 12.0 Å². The van der Waals surface area contributed by atoms with Crippen molar-refractivity contribution in [2.75, 3.05) is 12.4 Å². The normalized spacial score (nSPS) is 10.7.